The van der Waals surface area contributed by atoms with Crippen LogP contribution in [0.1, 0.15) is 16.7 Å². The van der Waals surface area contributed by atoms with Crippen LogP contribution < -0.4 is 11.1 Å². The van der Waals surface area contributed by atoms with E-state index in [0.29, 0.717) is 6.54 Å². The van der Waals surface area contributed by atoms with Gasteiger partial charge in [-0.2, -0.15) is 0 Å². The van der Waals surface area contributed by atoms with Crippen LogP contribution in [0.2, 0.25) is 0 Å². The zero-order valence-corrected chi connectivity index (χ0v) is 8.43. The summed E-state index contributed by atoms with van der Waals surface area (Å²) in [4.78, 5) is 0. The molecule has 0 atom stereocenters. The van der Waals surface area contributed by atoms with Crippen LogP contribution in [0.25, 0.3) is 0 Å². The molecule has 0 spiro atoms. The SMILES string of the molecule is Cc1ccc(C)c(CNCCN)c1. The van der Waals surface area contributed by atoms with E-state index in [9.17, 15) is 0 Å². The van der Waals surface area contributed by atoms with Gasteiger partial charge >= 0.3 is 0 Å². The van der Waals surface area contributed by atoms with Crippen LogP contribution in [0, 0.1) is 13.8 Å². The van der Waals surface area contributed by atoms with Crippen LogP contribution in [0.5, 0.6) is 0 Å². The molecule has 1 aromatic rings. The molecule has 1 aromatic carbocycles. The van der Waals surface area contributed by atoms with Crippen LogP contribution in [-0.2, 0) is 6.54 Å². The van der Waals surface area contributed by atoms with Crippen molar-refractivity contribution in [2.24, 2.45) is 5.73 Å². The largest absolute Gasteiger partial charge is 0.329 e. The van der Waals surface area contributed by atoms with E-state index in [1.807, 2.05) is 0 Å². The van der Waals surface area contributed by atoms with E-state index >= 15 is 0 Å². The minimum Gasteiger partial charge on any atom is -0.329 e. The molecule has 13 heavy (non-hydrogen) atoms. The van der Waals surface area contributed by atoms with Gasteiger partial charge in [0.15, 0.2) is 0 Å². The van der Waals surface area contributed by atoms with E-state index in [-0.39, 0.29) is 0 Å². The van der Waals surface area contributed by atoms with Crippen molar-refractivity contribution in [2.75, 3.05) is 13.1 Å². The van der Waals surface area contributed by atoms with Crippen LogP contribution in [0.4, 0.5) is 0 Å². The smallest absolute Gasteiger partial charge is 0.0208 e. The van der Waals surface area contributed by atoms with Gasteiger partial charge in [-0.25, -0.2) is 0 Å². The summed E-state index contributed by atoms with van der Waals surface area (Å²) in [6, 6.07) is 6.52. The topological polar surface area (TPSA) is 38.0 Å². The van der Waals surface area contributed by atoms with Crippen LogP contribution in [0.3, 0.4) is 0 Å². The molecule has 3 N–H and O–H groups in total. The standard InChI is InChI=1S/C11H18N2/c1-9-3-4-10(2)11(7-9)8-13-6-5-12/h3-4,7,13H,5-6,8,12H2,1-2H3. The quantitative estimate of drug-likeness (QED) is 0.683. The van der Waals surface area contributed by atoms with Gasteiger partial charge in [0.1, 0.15) is 0 Å². The molecule has 0 unspecified atom stereocenters. The molecule has 0 saturated carbocycles. The van der Waals surface area contributed by atoms with Gasteiger partial charge < -0.3 is 11.1 Å². The van der Waals surface area contributed by atoms with Crippen molar-refractivity contribution in [3.63, 3.8) is 0 Å². The number of hydrogen-bond acceptors (Lipinski definition) is 2. The summed E-state index contributed by atoms with van der Waals surface area (Å²) in [5.74, 6) is 0. The highest BCUT2D eigenvalue weighted by Crippen LogP contribution is 2.09. The third-order valence-electron chi connectivity index (χ3n) is 2.14. The van der Waals surface area contributed by atoms with Gasteiger partial charge in [-0.05, 0) is 25.0 Å². The van der Waals surface area contributed by atoms with Crippen LogP contribution in [0.15, 0.2) is 18.2 Å². The molecule has 72 valence electrons. The van der Waals surface area contributed by atoms with Gasteiger partial charge in [0.05, 0.1) is 0 Å². The van der Waals surface area contributed by atoms with E-state index in [2.05, 4.69) is 37.4 Å². The Bertz CT molecular complexity index is 269. The number of rotatable bonds is 4. The number of aryl methyl sites for hydroxylation is 2. The van der Waals surface area contributed by atoms with Crippen molar-refractivity contribution in [3.8, 4) is 0 Å². The zero-order valence-electron chi connectivity index (χ0n) is 8.43. The maximum atomic E-state index is 5.40. The van der Waals surface area contributed by atoms with Crippen molar-refractivity contribution >= 4 is 0 Å². The molecule has 2 heteroatoms. The lowest BCUT2D eigenvalue weighted by molar-refractivity contribution is 0.692. The van der Waals surface area contributed by atoms with Crippen molar-refractivity contribution in [3.05, 3.63) is 34.9 Å². The lowest BCUT2D eigenvalue weighted by Crippen LogP contribution is -2.22. The molecule has 0 aliphatic rings. The first-order chi connectivity index (χ1) is 6.24. The predicted octanol–water partition coefficient (Wildman–Crippen LogP) is 1.35. The zero-order chi connectivity index (χ0) is 9.68. The Morgan fingerprint density at radius 3 is 2.77 bits per heavy atom. The summed E-state index contributed by atoms with van der Waals surface area (Å²) in [5, 5.41) is 3.29. The molecule has 0 fully saturated rings. The number of nitrogens with one attached hydrogen (secondary N) is 1. The van der Waals surface area contributed by atoms with Gasteiger partial charge in [0.25, 0.3) is 0 Å². The minimum atomic E-state index is 0.699. The van der Waals surface area contributed by atoms with Crippen LogP contribution in [-0.4, -0.2) is 13.1 Å². The highest BCUT2D eigenvalue weighted by molar-refractivity contribution is 5.30. The van der Waals surface area contributed by atoms with E-state index in [1.54, 1.807) is 0 Å². The van der Waals surface area contributed by atoms with E-state index in [1.165, 1.54) is 16.7 Å². The van der Waals surface area contributed by atoms with Gasteiger partial charge in [-0.1, -0.05) is 23.8 Å². The van der Waals surface area contributed by atoms with Crippen molar-refractivity contribution in [1.82, 2.24) is 5.32 Å². The second-order valence-corrected chi connectivity index (χ2v) is 3.40. The molecule has 0 aliphatic heterocycles. The van der Waals surface area contributed by atoms with Gasteiger partial charge in [0.2, 0.25) is 0 Å². The first-order valence-corrected chi connectivity index (χ1v) is 4.71. The summed E-state index contributed by atoms with van der Waals surface area (Å²) < 4.78 is 0. The highest BCUT2D eigenvalue weighted by atomic mass is 14.9. The second kappa shape index (κ2) is 5.00. The lowest BCUT2D eigenvalue weighted by atomic mass is 10.1. The third-order valence-corrected chi connectivity index (χ3v) is 2.14. The number of nitrogens with two attached hydrogens (primary N) is 1. The fourth-order valence-electron chi connectivity index (χ4n) is 1.32. The Labute approximate surface area is 80.1 Å². The molecule has 2 nitrogen and oxygen atoms in total. The molecule has 0 bridgehead atoms. The van der Waals surface area contributed by atoms with Crippen molar-refractivity contribution in [1.29, 1.82) is 0 Å². The van der Waals surface area contributed by atoms with Gasteiger partial charge in [-0.15, -0.1) is 0 Å². The number of hydrogen-bond donors (Lipinski definition) is 2. The fourth-order valence-corrected chi connectivity index (χ4v) is 1.32. The molecule has 0 radical (unpaired) electrons. The summed E-state index contributed by atoms with van der Waals surface area (Å²) in [6.45, 7) is 6.76. The summed E-state index contributed by atoms with van der Waals surface area (Å²) in [6.07, 6.45) is 0. The Hall–Kier alpha value is -0.860. The van der Waals surface area contributed by atoms with Crippen molar-refractivity contribution in [2.45, 2.75) is 20.4 Å². The molecule has 0 heterocycles. The van der Waals surface area contributed by atoms with E-state index in [0.717, 1.165) is 13.1 Å². The molecular formula is C11H18N2. The molecular weight excluding hydrogens is 160 g/mol. The average molecular weight is 178 g/mol. The third kappa shape index (κ3) is 3.17. The Morgan fingerprint density at radius 1 is 1.31 bits per heavy atom. The van der Waals surface area contributed by atoms with Crippen molar-refractivity contribution < 1.29 is 0 Å². The lowest BCUT2D eigenvalue weighted by Gasteiger charge is -2.07. The fraction of sp³-hybridized carbons (Fsp3) is 0.455. The molecule has 1 rings (SSSR count). The summed E-state index contributed by atoms with van der Waals surface area (Å²) in [5.41, 5.74) is 9.42. The summed E-state index contributed by atoms with van der Waals surface area (Å²) in [7, 11) is 0. The van der Waals surface area contributed by atoms with E-state index in [4.69, 9.17) is 5.73 Å². The Morgan fingerprint density at radius 2 is 2.08 bits per heavy atom. The van der Waals surface area contributed by atoms with Gasteiger partial charge in [0, 0.05) is 19.6 Å². The first kappa shape index (κ1) is 10.2. The monoisotopic (exact) mass is 178 g/mol. The second-order valence-electron chi connectivity index (χ2n) is 3.40. The summed E-state index contributed by atoms with van der Waals surface area (Å²) >= 11 is 0. The molecule has 0 aliphatic carbocycles. The number of benzene rings is 1. The Kier molecular flexibility index (Phi) is 3.93. The first-order valence-electron chi connectivity index (χ1n) is 4.71. The predicted molar refractivity (Wildman–Crippen MR) is 56.7 cm³/mol. The maximum Gasteiger partial charge on any atom is 0.0208 e. The van der Waals surface area contributed by atoms with Crippen LogP contribution >= 0.6 is 0 Å². The highest BCUT2D eigenvalue weighted by Gasteiger charge is 1.97. The normalized spacial score (nSPS) is 10.4. The molecule has 0 amide bonds. The van der Waals surface area contributed by atoms with E-state index < -0.39 is 0 Å². The Balaban J connectivity index is 2.59. The van der Waals surface area contributed by atoms with Gasteiger partial charge in [-0.3, -0.25) is 0 Å². The average Bonchev–Trinajstić information content (AvgIpc) is 2.11. The maximum absolute atomic E-state index is 5.40. The molecule has 0 saturated heterocycles. The molecule has 0 aromatic heterocycles. The minimum absolute atomic E-state index is 0.699.